The number of thioether (sulfide) groups is 2. The van der Waals surface area contributed by atoms with Gasteiger partial charge in [-0.1, -0.05) is 23.5 Å². The molecule has 0 radical (unpaired) electrons. The van der Waals surface area contributed by atoms with Gasteiger partial charge in [0.2, 0.25) is 11.8 Å². The Bertz CT molecular complexity index is 728. The van der Waals surface area contributed by atoms with Crippen molar-refractivity contribution in [3.8, 4) is 0 Å². The van der Waals surface area contributed by atoms with Crippen LogP contribution in [0.2, 0.25) is 0 Å². The van der Waals surface area contributed by atoms with Crippen LogP contribution in [0.5, 0.6) is 0 Å². The van der Waals surface area contributed by atoms with E-state index in [1.807, 2.05) is 6.92 Å². The number of aromatic nitrogens is 3. The van der Waals surface area contributed by atoms with E-state index in [9.17, 15) is 14.4 Å². The number of hydrogen-bond donors (Lipinski definition) is 1. The van der Waals surface area contributed by atoms with E-state index in [1.165, 1.54) is 29.5 Å². The summed E-state index contributed by atoms with van der Waals surface area (Å²) in [6.07, 6.45) is 4.67. The predicted molar refractivity (Wildman–Crippen MR) is 98.2 cm³/mol. The third kappa shape index (κ3) is 3.75. The lowest BCUT2D eigenvalue weighted by Gasteiger charge is -2.15. The zero-order chi connectivity index (χ0) is 18.3. The molecule has 3 fully saturated rings. The fraction of sp³-hybridized carbons (Fsp3) is 0.688. The van der Waals surface area contributed by atoms with E-state index in [0.29, 0.717) is 12.0 Å². The fourth-order valence-corrected chi connectivity index (χ4v) is 4.61. The van der Waals surface area contributed by atoms with Crippen LogP contribution in [0.3, 0.4) is 0 Å². The number of rotatable bonds is 8. The van der Waals surface area contributed by atoms with Gasteiger partial charge in [-0.05, 0) is 32.6 Å². The van der Waals surface area contributed by atoms with Crippen molar-refractivity contribution in [3.63, 3.8) is 0 Å². The van der Waals surface area contributed by atoms with Crippen molar-refractivity contribution < 1.29 is 14.4 Å². The van der Waals surface area contributed by atoms with Crippen LogP contribution in [0, 0.1) is 0 Å². The number of carbonyl (C=O) groups excluding carboxylic acids is 3. The molecule has 1 aliphatic heterocycles. The van der Waals surface area contributed by atoms with E-state index in [2.05, 4.69) is 20.1 Å². The Morgan fingerprint density at radius 1 is 1.31 bits per heavy atom. The van der Waals surface area contributed by atoms with Gasteiger partial charge in [0.15, 0.2) is 5.16 Å². The molecule has 1 atom stereocenters. The highest BCUT2D eigenvalue weighted by Crippen LogP contribution is 2.46. The van der Waals surface area contributed by atoms with E-state index in [-0.39, 0.29) is 41.1 Å². The Kier molecular flexibility index (Phi) is 4.96. The molecule has 3 aliphatic rings. The topological polar surface area (TPSA) is 97.2 Å². The summed E-state index contributed by atoms with van der Waals surface area (Å²) >= 11 is 2.43. The van der Waals surface area contributed by atoms with Crippen molar-refractivity contribution in [2.24, 2.45) is 0 Å². The second kappa shape index (κ2) is 7.22. The Morgan fingerprint density at radius 3 is 2.69 bits per heavy atom. The number of imide groups is 1. The minimum Gasteiger partial charge on any atom is -0.353 e. The third-order valence-corrected chi connectivity index (χ3v) is 6.59. The standard InChI is InChI=1S/C16H21N5O3S2/c1-9(14(23)17-6-7-20-12(22)8-25-16(20)24)26-15-19-18-13(10-2-3-10)21(15)11-4-5-11/h9-11H,2-8H2,1H3,(H,17,23)/t9-/m1/s1. The molecule has 140 valence electrons. The fourth-order valence-electron chi connectivity index (χ4n) is 2.91. The second-order valence-electron chi connectivity index (χ2n) is 6.87. The first-order valence-corrected chi connectivity index (χ1v) is 10.8. The normalized spacial score (nSPS) is 21.3. The van der Waals surface area contributed by atoms with Gasteiger partial charge in [-0.2, -0.15) is 0 Å². The zero-order valence-corrected chi connectivity index (χ0v) is 16.1. The summed E-state index contributed by atoms with van der Waals surface area (Å²) in [4.78, 5) is 36.6. The van der Waals surface area contributed by atoms with Crippen LogP contribution in [0.15, 0.2) is 5.16 Å². The van der Waals surface area contributed by atoms with E-state index in [1.54, 1.807) is 0 Å². The van der Waals surface area contributed by atoms with Crippen LogP contribution >= 0.6 is 23.5 Å². The lowest BCUT2D eigenvalue weighted by Crippen LogP contribution is -2.39. The molecule has 26 heavy (non-hydrogen) atoms. The minimum absolute atomic E-state index is 0.125. The highest BCUT2D eigenvalue weighted by atomic mass is 32.2. The Balaban J connectivity index is 1.30. The van der Waals surface area contributed by atoms with Gasteiger partial charge in [0.25, 0.3) is 5.24 Å². The first-order valence-electron chi connectivity index (χ1n) is 8.91. The Labute approximate surface area is 159 Å². The first-order chi connectivity index (χ1) is 12.5. The monoisotopic (exact) mass is 395 g/mol. The summed E-state index contributed by atoms with van der Waals surface area (Å²) in [6.45, 7) is 2.33. The molecule has 10 heteroatoms. The van der Waals surface area contributed by atoms with Crippen molar-refractivity contribution in [2.75, 3.05) is 18.8 Å². The molecule has 0 bridgehead atoms. The van der Waals surface area contributed by atoms with Crippen molar-refractivity contribution in [3.05, 3.63) is 5.82 Å². The number of amides is 3. The average Bonchev–Trinajstić information content (AvgIpc) is 3.54. The maximum atomic E-state index is 12.4. The molecule has 1 aromatic rings. The van der Waals surface area contributed by atoms with E-state index in [0.717, 1.165) is 35.6 Å². The predicted octanol–water partition coefficient (Wildman–Crippen LogP) is 1.78. The quantitative estimate of drug-likeness (QED) is 0.670. The molecule has 3 amide bonds. The van der Waals surface area contributed by atoms with Crippen LogP contribution in [0.4, 0.5) is 4.79 Å². The SMILES string of the molecule is C[C@@H](Sc1nnc(C2CC2)n1C1CC1)C(=O)NCCN1C(=O)CSC1=O. The Morgan fingerprint density at radius 2 is 2.08 bits per heavy atom. The summed E-state index contributed by atoms with van der Waals surface area (Å²) in [5, 5.41) is 11.7. The number of hydrogen-bond acceptors (Lipinski definition) is 7. The molecule has 1 saturated heterocycles. The van der Waals surface area contributed by atoms with Gasteiger partial charge in [0.1, 0.15) is 5.82 Å². The largest absolute Gasteiger partial charge is 0.353 e. The molecule has 0 aromatic carbocycles. The summed E-state index contributed by atoms with van der Waals surface area (Å²) in [6, 6.07) is 0.489. The summed E-state index contributed by atoms with van der Waals surface area (Å²) in [5.41, 5.74) is 0. The highest BCUT2D eigenvalue weighted by Gasteiger charge is 2.37. The summed E-state index contributed by atoms with van der Waals surface area (Å²) in [7, 11) is 0. The lowest BCUT2D eigenvalue weighted by molar-refractivity contribution is -0.125. The molecule has 1 N–H and O–H groups in total. The molecule has 2 heterocycles. The molecule has 2 saturated carbocycles. The van der Waals surface area contributed by atoms with Crippen LogP contribution in [-0.4, -0.2) is 60.8 Å². The van der Waals surface area contributed by atoms with Crippen LogP contribution in [-0.2, 0) is 9.59 Å². The lowest BCUT2D eigenvalue weighted by atomic mass is 10.4. The van der Waals surface area contributed by atoms with E-state index >= 15 is 0 Å². The maximum absolute atomic E-state index is 12.4. The minimum atomic E-state index is -0.317. The van der Waals surface area contributed by atoms with Crippen molar-refractivity contribution in [2.45, 2.75) is 55.0 Å². The molecular formula is C16H21N5O3S2. The molecular weight excluding hydrogens is 374 g/mol. The van der Waals surface area contributed by atoms with E-state index in [4.69, 9.17) is 0 Å². The van der Waals surface area contributed by atoms with Gasteiger partial charge in [0.05, 0.1) is 11.0 Å². The highest BCUT2D eigenvalue weighted by molar-refractivity contribution is 8.14. The average molecular weight is 396 g/mol. The van der Waals surface area contributed by atoms with Crippen LogP contribution in [0.1, 0.15) is 50.4 Å². The van der Waals surface area contributed by atoms with Crippen LogP contribution < -0.4 is 5.32 Å². The number of carbonyl (C=O) groups is 3. The molecule has 0 unspecified atom stereocenters. The molecule has 2 aliphatic carbocycles. The summed E-state index contributed by atoms with van der Waals surface area (Å²) < 4.78 is 2.23. The molecule has 4 rings (SSSR count). The maximum Gasteiger partial charge on any atom is 0.288 e. The van der Waals surface area contributed by atoms with Crippen molar-refractivity contribution >= 4 is 40.6 Å². The van der Waals surface area contributed by atoms with Gasteiger partial charge in [-0.25, -0.2) is 0 Å². The molecule has 1 aromatic heterocycles. The van der Waals surface area contributed by atoms with Gasteiger partial charge >= 0.3 is 0 Å². The van der Waals surface area contributed by atoms with E-state index < -0.39 is 0 Å². The van der Waals surface area contributed by atoms with Gasteiger partial charge < -0.3 is 9.88 Å². The van der Waals surface area contributed by atoms with Crippen molar-refractivity contribution in [1.82, 2.24) is 25.0 Å². The third-order valence-electron chi connectivity index (χ3n) is 4.67. The van der Waals surface area contributed by atoms with Gasteiger partial charge in [-0.3, -0.25) is 19.3 Å². The van der Waals surface area contributed by atoms with Crippen LogP contribution in [0.25, 0.3) is 0 Å². The molecule has 0 spiro atoms. The summed E-state index contributed by atoms with van der Waals surface area (Å²) in [5.74, 6) is 1.49. The number of nitrogens with zero attached hydrogens (tertiary/aromatic N) is 4. The number of nitrogens with one attached hydrogen (secondary N) is 1. The van der Waals surface area contributed by atoms with Crippen molar-refractivity contribution in [1.29, 1.82) is 0 Å². The Hall–Kier alpha value is -1.55. The second-order valence-corrected chi connectivity index (χ2v) is 9.10. The van der Waals surface area contributed by atoms with Gasteiger partial charge in [0, 0.05) is 25.0 Å². The molecule has 8 nitrogen and oxygen atoms in total. The zero-order valence-electron chi connectivity index (χ0n) is 14.5. The first kappa shape index (κ1) is 17.8. The van der Waals surface area contributed by atoms with Gasteiger partial charge in [-0.15, -0.1) is 10.2 Å². The smallest absolute Gasteiger partial charge is 0.288 e.